The van der Waals surface area contributed by atoms with Gasteiger partial charge in [0.15, 0.2) is 5.43 Å². The zero-order valence-electron chi connectivity index (χ0n) is 28.1. The molecule has 1 saturated carbocycles. The molecule has 4 heterocycles. The zero-order chi connectivity index (χ0) is 34.0. The minimum Gasteiger partial charge on any atom is -0.478 e. The van der Waals surface area contributed by atoms with Gasteiger partial charge in [0.05, 0.1) is 11.1 Å². The van der Waals surface area contributed by atoms with E-state index in [9.17, 15) is 14.7 Å². The van der Waals surface area contributed by atoms with Crippen LogP contribution in [0, 0.1) is 23.7 Å². The highest BCUT2D eigenvalue weighted by Crippen LogP contribution is 2.65. The maximum absolute atomic E-state index is 14.5. The van der Waals surface area contributed by atoms with Gasteiger partial charge in [-0.15, -0.1) is 0 Å². The average Bonchev–Trinajstić information content (AvgIpc) is 3.09. The highest BCUT2D eigenvalue weighted by molar-refractivity contribution is 6.09. The molecule has 2 aromatic carbocycles. The van der Waals surface area contributed by atoms with Gasteiger partial charge in [-0.3, -0.25) is 4.79 Å². The van der Waals surface area contributed by atoms with Crippen molar-refractivity contribution in [2.45, 2.75) is 44.4 Å². The Bertz CT molecular complexity index is 2260. The third kappa shape index (κ3) is 3.91. The molecule has 246 valence electrons. The fourth-order valence-electron chi connectivity index (χ4n) is 9.40. The topological polar surface area (TPSA) is 89.2 Å². The van der Waals surface area contributed by atoms with Crippen molar-refractivity contribution < 1.29 is 24.1 Å². The molecule has 7 heteroatoms. The Hall–Kier alpha value is -4.98. The summed E-state index contributed by atoms with van der Waals surface area (Å²) in [4.78, 5) is 42.3. The maximum atomic E-state index is 14.5. The molecule has 0 spiro atoms. The molecule has 2 bridgehead atoms. The number of benzene rings is 3. The largest absolute Gasteiger partial charge is 0.478 e. The van der Waals surface area contributed by atoms with Crippen molar-refractivity contribution in [2.75, 3.05) is 11.9 Å². The quantitative estimate of drug-likeness (QED) is 0.175. The van der Waals surface area contributed by atoms with E-state index in [2.05, 4.69) is 76.1 Å². The van der Waals surface area contributed by atoms with Gasteiger partial charge in [0.1, 0.15) is 22.5 Å². The first-order valence-corrected chi connectivity index (χ1v) is 16.9. The minimum absolute atomic E-state index is 0.0326. The van der Waals surface area contributed by atoms with Crippen LogP contribution in [0.1, 0.15) is 49.2 Å². The standard InChI is InChI=1S/C42H37NO6/c1-23-22-40(2,3)43(5)34-20-36-27(18-26(23)34)38(24-12-6-7-13-25(24)39(45)46)28-19-33(35(44)21-37(28)47-36)42-31-16-10-8-14-29(31)41(4,48-49-42)30-15-9-11-17-32(30)42/h6-22,29-32H,1-5H3,(H,45,46). The third-order valence-electron chi connectivity index (χ3n) is 11.9. The van der Waals surface area contributed by atoms with Crippen LogP contribution in [0.3, 0.4) is 0 Å². The fraction of sp³-hybridized carbons (Fsp3) is 0.286. The van der Waals surface area contributed by atoms with Crippen LogP contribution in [0.15, 0.2) is 112 Å². The smallest absolute Gasteiger partial charge is 0.336 e. The first-order chi connectivity index (χ1) is 23.5. The van der Waals surface area contributed by atoms with Gasteiger partial charge in [-0.2, -0.15) is 0 Å². The van der Waals surface area contributed by atoms with Crippen molar-refractivity contribution in [2.24, 2.45) is 23.7 Å². The number of fused-ring (bicyclic) bond motifs is 4. The third-order valence-corrected chi connectivity index (χ3v) is 11.9. The van der Waals surface area contributed by atoms with Gasteiger partial charge in [-0.05, 0) is 57.0 Å². The normalized spacial score (nSPS) is 30.3. The van der Waals surface area contributed by atoms with E-state index in [0.717, 1.165) is 22.2 Å². The van der Waals surface area contributed by atoms with Crippen LogP contribution in [0.2, 0.25) is 0 Å². The van der Waals surface area contributed by atoms with Gasteiger partial charge in [-0.25, -0.2) is 14.6 Å². The lowest BCUT2D eigenvalue weighted by Crippen LogP contribution is -2.70. The number of rotatable bonds is 3. The molecule has 0 amide bonds. The fourth-order valence-corrected chi connectivity index (χ4v) is 9.40. The summed E-state index contributed by atoms with van der Waals surface area (Å²) in [6.07, 6.45) is 19.0. The van der Waals surface area contributed by atoms with Crippen molar-refractivity contribution in [1.29, 1.82) is 0 Å². The summed E-state index contributed by atoms with van der Waals surface area (Å²) < 4.78 is 6.64. The summed E-state index contributed by atoms with van der Waals surface area (Å²) in [5.74, 6) is -1.08. The molecule has 7 nitrogen and oxygen atoms in total. The Labute approximate surface area is 284 Å². The lowest BCUT2D eigenvalue weighted by Gasteiger charge is -2.64. The van der Waals surface area contributed by atoms with Crippen LogP contribution in [0.5, 0.6) is 0 Å². The van der Waals surface area contributed by atoms with Gasteiger partial charge >= 0.3 is 5.97 Å². The van der Waals surface area contributed by atoms with Crippen LogP contribution in [-0.2, 0) is 15.4 Å². The van der Waals surface area contributed by atoms with E-state index in [1.54, 1.807) is 18.2 Å². The van der Waals surface area contributed by atoms with Gasteiger partial charge < -0.3 is 14.4 Å². The van der Waals surface area contributed by atoms with Crippen LogP contribution in [0.4, 0.5) is 5.69 Å². The van der Waals surface area contributed by atoms with E-state index < -0.39 is 17.2 Å². The van der Waals surface area contributed by atoms with Crippen molar-refractivity contribution in [3.8, 4) is 22.5 Å². The number of carboxylic acid groups (broad SMARTS) is 1. The molecule has 49 heavy (non-hydrogen) atoms. The van der Waals surface area contributed by atoms with Crippen molar-refractivity contribution in [3.63, 3.8) is 0 Å². The van der Waals surface area contributed by atoms with Crippen LogP contribution in [-0.4, -0.2) is 29.3 Å². The van der Waals surface area contributed by atoms with Gasteiger partial charge in [0.25, 0.3) is 0 Å². The van der Waals surface area contributed by atoms with Crippen LogP contribution < -0.4 is 10.3 Å². The zero-order valence-corrected chi connectivity index (χ0v) is 28.1. The summed E-state index contributed by atoms with van der Waals surface area (Å²) in [7, 11) is 2.06. The highest BCUT2D eigenvalue weighted by atomic mass is 17.2. The molecule has 3 fully saturated rings. The van der Waals surface area contributed by atoms with E-state index in [-0.39, 0.29) is 40.2 Å². The lowest BCUT2D eigenvalue weighted by molar-refractivity contribution is -0.511. The number of hydrogen-bond donors (Lipinski definition) is 1. The number of nitrogens with zero attached hydrogens (tertiary/aromatic N) is 1. The monoisotopic (exact) mass is 651 g/mol. The van der Waals surface area contributed by atoms with E-state index in [1.807, 2.05) is 48.6 Å². The average molecular weight is 652 g/mol. The number of hydrogen-bond acceptors (Lipinski definition) is 6. The molecule has 8 aliphatic rings. The second-order valence-electron chi connectivity index (χ2n) is 14.9. The van der Waals surface area contributed by atoms with E-state index >= 15 is 0 Å². The molecule has 4 aliphatic carbocycles. The number of carbonyl (C=O) groups is 1. The highest BCUT2D eigenvalue weighted by Gasteiger charge is 2.70. The summed E-state index contributed by atoms with van der Waals surface area (Å²) in [6, 6.07) is 14.6. The maximum Gasteiger partial charge on any atom is 0.336 e. The molecule has 0 aromatic heterocycles. The number of likely N-dealkylation sites (N-methyl/N-ethyl adjacent to an activating group) is 1. The molecule has 2 aromatic rings. The van der Waals surface area contributed by atoms with E-state index in [4.69, 9.17) is 14.2 Å². The first kappa shape index (κ1) is 30.1. The number of allylic oxidation sites excluding steroid dienone is 5. The molecule has 0 radical (unpaired) electrons. The summed E-state index contributed by atoms with van der Waals surface area (Å²) in [6.45, 7) is 8.52. The Kier molecular flexibility index (Phi) is 6.16. The second kappa shape index (κ2) is 10.0. The molecule has 1 N–H and O–H groups in total. The van der Waals surface area contributed by atoms with Gasteiger partial charge in [0.2, 0.25) is 0 Å². The summed E-state index contributed by atoms with van der Waals surface area (Å²) >= 11 is 0. The SMILES string of the molecule is CC1=CC(C)(C)N(C)c2cc3oc4cc(=O)c(C56OOC(C)(C7C=CC=CC75)C5C=CC=CC56)cc-4c(-c4ccccc4C(=O)O)c3cc21. The predicted molar refractivity (Wildman–Crippen MR) is 190 cm³/mol. The van der Waals surface area contributed by atoms with Crippen LogP contribution >= 0.6 is 0 Å². The van der Waals surface area contributed by atoms with Crippen molar-refractivity contribution >= 4 is 28.2 Å². The van der Waals surface area contributed by atoms with Crippen molar-refractivity contribution in [1.82, 2.24) is 0 Å². The summed E-state index contributed by atoms with van der Waals surface area (Å²) in [5, 5.41) is 11.2. The molecule has 4 atom stereocenters. The Morgan fingerprint density at radius 1 is 0.816 bits per heavy atom. The molecule has 4 aliphatic heterocycles. The number of anilines is 1. The Balaban J connectivity index is 1.39. The molecular formula is C42H37NO6. The number of aromatic carboxylic acids is 1. The lowest BCUT2D eigenvalue weighted by atomic mass is 9.49. The second-order valence-corrected chi connectivity index (χ2v) is 14.9. The molecule has 4 unspecified atom stereocenters. The molecule has 10 rings (SSSR count). The molecule has 2 saturated heterocycles. The van der Waals surface area contributed by atoms with Crippen molar-refractivity contribution in [3.05, 3.63) is 130 Å². The van der Waals surface area contributed by atoms with Crippen LogP contribution in [0.25, 0.3) is 39.0 Å². The van der Waals surface area contributed by atoms with Gasteiger partial charge in [0, 0.05) is 76.2 Å². The van der Waals surface area contributed by atoms with E-state index in [0.29, 0.717) is 33.6 Å². The number of carboxylic acids is 1. The summed E-state index contributed by atoms with van der Waals surface area (Å²) in [5.41, 5.74) is 4.02. The van der Waals surface area contributed by atoms with E-state index in [1.165, 1.54) is 0 Å². The first-order valence-electron chi connectivity index (χ1n) is 16.9. The predicted octanol–water partition coefficient (Wildman–Crippen LogP) is 8.54. The Morgan fingerprint density at radius 3 is 2.14 bits per heavy atom. The minimum atomic E-state index is -1.14. The van der Waals surface area contributed by atoms with Gasteiger partial charge in [-0.1, -0.05) is 72.9 Å². The Morgan fingerprint density at radius 2 is 1.47 bits per heavy atom. The molecular weight excluding hydrogens is 614 g/mol.